The Morgan fingerprint density at radius 3 is 2.76 bits per heavy atom. The third kappa shape index (κ3) is 8.84. The Morgan fingerprint density at radius 2 is 2.16 bits per heavy atom. The van der Waals surface area contributed by atoms with E-state index in [4.69, 9.17) is 0 Å². The number of hydrogen-bond acceptors (Lipinski definition) is 4. The molecular formula is C17H30IN5OS. The van der Waals surface area contributed by atoms with Crippen LogP contribution in [0.3, 0.4) is 0 Å². The highest BCUT2D eigenvalue weighted by molar-refractivity contribution is 14.0. The molecule has 0 unspecified atom stereocenters. The van der Waals surface area contributed by atoms with Crippen LogP contribution in [0.25, 0.3) is 0 Å². The average Bonchev–Trinajstić information content (AvgIpc) is 3.22. The minimum atomic E-state index is 0. The fourth-order valence-electron chi connectivity index (χ4n) is 2.13. The van der Waals surface area contributed by atoms with Crippen molar-refractivity contribution < 1.29 is 4.79 Å². The molecule has 0 aromatic carbocycles. The van der Waals surface area contributed by atoms with Gasteiger partial charge in [0.15, 0.2) is 5.96 Å². The quantitative estimate of drug-likeness (QED) is 0.220. The topological polar surface area (TPSA) is 78.4 Å². The first-order valence-electron chi connectivity index (χ1n) is 8.84. The van der Waals surface area contributed by atoms with Crippen LogP contribution in [-0.4, -0.2) is 36.0 Å². The molecule has 2 rings (SSSR count). The first kappa shape index (κ1) is 22.1. The van der Waals surface area contributed by atoms with Crippen LogP contribution in [0.15, 0.2) is 10.4 Å². The van der Waals surface area contributed by atoms with Crippen molar-refractivity contribution in [2.24, 2.45) is 4.99 Å². The number of nitrogens with one attached hydrogen (secondary N) is 3. The number of carbonyl (C=O) groups is 1. The van der Waals surface area contributed by atoms with E-state index in [9.17, 15) is 4.79 Å². The van der Waals surface area contributed by atoms with Crippen LogP contribution in [-0.2, 0) is 11.3 Å². The van der Waals surface area contributed by atoms with Crippen LogP contribution in [0.1, 0.15) is 63.1 Å². The molecular weight excluding hydrogens is 449 g/mol. The van der Waals surface area contributed by atoms with Crippen LogP contribution in [0.5, 0.6) is 0 Å². The van der Waals surface area contributed by atoms with E-state index in [0.717, 1.165) is 49.0 Å². The molecule has 1 aromatic heterocycles. The lowest BCUT2D eigenvalue weighted by Gasteiger charge is -2.11. The number of thiazole rings is 1. The largest absolute Gasteiger partial charge is 0.357 e. The molecule has 1 aromatic rings. The third-order valence-corrected chi connectivity index (χ3v) is 4.55. The van der Waals surface area contributed by atoms with Crippen LogP contribution < -0.4 is 16.0 Å². The monoisotopic (exact) mass is 479 g/mol. The van der Waals surface area contributed by atoms with E-state index >= 15 is 0 Å². The number of nitrogens with zero attached hydrogens (tertiary/aromatic N) is 2. The Balaban J connectivity index is 0.00000312. The number of aliphatic imine (C=N–C) groups is 1. The summed E-state index contributed by atoms with van der Waals surface area (Å²) in [4.78, 5) is 20.8. The molecule has 3 N–H and O–H groups in total. The summed E-state index contributed by atoms with van der Waals surface area (Å²) in [5, 5.41) is 12.6. The van der Waals surface area contributed by atoms with Crippen molar-refractivity contribution in [2.45, 2.75) is 65.0 Å². The zero-order valence-electron chi connectivity index (χ0n) is 15.3. The van der Waals surface area contributed by atoms with Gasteiger partial charge >= 0.3 is 0 Å². The van der Waals surface area contributed by atoms with Gasteiger partial charge in [0.25, 0.3) is 0 Å². The van der Waals surface area contributed by atoms with Crippen molar-refractivity contribution in [1.29, 1.82) is 0 Å². The lowest BCUT2D eigenvalue weighted by Crippen LogP contribution is -2.38. The molecule has 1 fully saturated rings. The highest BCUT2D eigenvalue weighted by Gasteiger charge is 2.22. The van der Waals surface area contributed by atoms with Crippen LogP contribution in [0.4, 0.5) is 0 Å². The Hall–Kier alpha value is -0.900. The van der Waals surface area contributed by atoms with Gasteiger partial charge in [-0.25, -0.2) is 9.98 Å². The van der Waals surface area contributed by atoms with Gasteiger partial charge in [-0.2, -0.15) is 0 Å². The first-order chi connectivity index (χ1) is 11.6. The Labute approximate surface area is 171 Å². The number of carbonyl (C=O) groups excluding carboxylic acids is 1. The minimum Gasteiger partial charge on any atom is -0.357 e. The lowest BCUT2D eigenvalue weighted by atomic mass is 10.2. The highest BCUT2D eigenvalue weighted by Crippen LogP contribution is 2.19. The van der Waals surface area contributed by atoms with Crippen LogP contribution in [0.2, 0.25) is 0 Å². The molecule has 6 nitrogen and oxygen atoms in total. The highest BCUT2D eigenvalue weighted by atomic mass is 127. The van der Waals surface area contributed by atoms with Crippen molar-refractivity contribution in [3.63, 3.8) is 0 Å². The van der Waals surface area contributed by atoms with Crippen molar-refractivity contribution in [3.8, 4) is 0 Å². The average molecular weight is 479 g/mol. The van der Waals surface area contributed by atoms with Crippen LogP contribution >= 0.6 is 35.3 Å². The van der Waals surface area contributed by atoms with E-state index < -0.39 is 0 Å². The van der Waals surface area contributed by atoms with Gasteiger partial charge < -0.3 is 16.0 Å². The predicted octanol–water partition coefficient (Wildman–Crippen LogP) is 3.00. The third-order valence-electron chi connectivity index (χ3n) is 3.69. The summed E-state index contributed by atoms with van der Waals surface area (Å²) >= 11 is 1.66. The summed E-state index contributed by atoms with van der Waals surface area (Å²) < 4.78 is 0. The maximum Gasteiger partial charge on any atom is 0.220 e. The van der Waals surface area contributed by atoms with Gasteiger partial charge in [-0.1, -0.05) is 13.8 Å². The molecule has 0 radical (unpaired) electrons. The predicted molar refractivity (Wildman–Crippen MR) is 115 cm³/mol. The Kier molecular flexibility index (Phi) is 10.3. The summed E-state index contributed by atoms with van der Waals surface area (Å²) in [5.74, 6) is 1.39. The van der Waals surface area contributed by atoms with Crippen molar-refractivity contribution >= 4 is 47.2 Å². The first-order valence-corrected chi connectivity index (χ1v) is 9.72. The van der Waals surface area contributed by atoms with Crippen molar-refractivity contribution in [3.05, 3.63) is 16.1 Å². The van der Waals surface area contributed by atoms with E-state index in [1.807, 2.05) is 6.92 Å². The molecule has 25 heavy (non-hydrogen) atoms. The maximum absolute atomic E-state index is 11.6. The normalized spacial score (nSPS) is 14.2. The summed E-state index contributed by atoms with van der Waals surface area (Å²) in [6.45, 7) is 8.46. The van der Waals surface area contributed by atoms with E-state index in [1.165, 1.54) is 0 Å². The van der Waals surface area contributed by atoms with Gasteiger partial charge in [0.2, 0.25) is 5.91 Å². The molecule has 0 spiro atoms. The molecule has 8 heteroatoms. The van der Waals surface area contributed by atoms with Gasteiger partial charge in [0, 0.05) is 30.9 Å². The van der Waals surface area contributed by atoms with Gasteiger partial charge in [0.1, 0.15) is 5.01 Å². The van der Waals surface area contributed by atoms with E-state index in [-0.39, 0.29) is 29.9 Å². The van der Waals surface area contributed by atoms with Gasteiger partial charge in [0.05, 0.1) is 12.2 Å². The molecule has 0 saturated heterocycles. The number of guanidine groups is 1. The lowest BCUT2D eigenvalue weighted by molar-refractivity contribution is -0.121. The number of rotatable bonds is 9. The van der Waals surface area contributed by atoms with Gasteiger partial charge in [-0.15, -0.1) is 35.3 Å². The molecule has 142 valence electrons. The second-order valence-corrected chi connectivity index (χ2v) is 7.33. The second kappa shape index (κ2) is 11.7. The second-order valence-electron chi connectivity index (χ2n) is 6.39. The van der Waals surface area contributed by atoms with E-state index in [1.54, 1.807) is 11.3 Å². The number of aromatic nitrogens is 1. The Morgan fingerprint density at radius 1 is 1.40 bits per heavy atom. The molecule has 1 aliphatic carbocycles. The molecule has 0 bridgehead atoms. The summed E-state index contributed by atoms with van der Waals surface area (Å²) in [6.07, 6.45) is 3.64. The number of hydrogen-bond donors (Lipinski definition) is 3. The number of amides is 1. The van der Waals surface area contributed by atoms with Crippen molar-refractivity contribution in [1.82, 2.24) is 20.9 Å². The standard InChI is InChI=1S/C17H29N5OS.HI/c1-4-18-17(19-9-5-6-15(23)21-13-7-8-13)20-10-16-22-14(11-24-16)12(2)3;/h11-13H,4-10H2,1-3H3,(H,21,23)(H2,18,19,20);1H. The fraction of sp³-hybridized carbons (Fsp3) is 0.706. The smallest absolute Gasteiger partial charge is 0.220 e. The molecule has 1 heterocycles. The summed E-state index contributed by atoms with van der Waals surface area (Å²) in [6, 6.07) is 0.443. The van der Waals surface area contributed by atoms with Gasteiger partial charge in [-0.05, 0) is 32.1 Å². The van der Waals surface area contributed by atoms with Crippen LogP contribution in [0, 0.1) is 0 Å². The summed E-state index contributed by atoms with van der Waals surface area (Å²) in [5.41, 5.74) is 1.13. The fourth-order valence-corrected chi connectivity index (χ4v) is 3.01. The zero-order chi connectivity index (χ0) is 17.4. The minimum absolute atomic E-state index is 0. The zero-order valence-corrected chi connectivity index (χ0v) is 18.4. The van der Waals surface area contributed by atoms with E-state index in [2.05, 4.69) is 45.2 Å². The van der Waals surface area contributed by atoms with E-state index in [0.29, 0.717) is 24.9 Å². The van der Waals surface area contributed by atoms with Gasteiger partial charge in [-0.3, -0.25) is 4.79 Å². The SMILES string of the molecule is CCNC(=NCc1nc(C(C)C)cs1)NCCCC(=O)NC1CC1.I. The molecule has 1 saturated carbocycles. The molecule has 1 amide bonds. The maximum atomic E-state index is 11.6. The molecule has 0 aliphatic heterocycles. The van der Waals surface area contributed by atoms with Crippen molar-refractivity contribution in [2.75, 3.05) is 13.1 Å². The summed E-state index contributed by atoms with van der Waals surface area (Å²) in [7, 11) is 0. The number of halogens is 1. The molecule has 1 aliphatic rings. The molecule has 0 atom stereocenters. The Bertz CT molecular complexity index is 557.